The molecule has 0 saturated heterocycles. The van der Waals surface area contributed by atoms with Crippen molar-refractivity contribution < 1.29 is 8.78 Å². The SMILES string of the molecule is NN=C(N)C(F)(F)Cl. The van der Waals surface area contributed by atoms with Crippen molar-refractivity contribution in [1.82, 2.24) is 0 Å². The molecule has 4 N–H and O–H groups in total. The lowest BCUT2D eigenvalue weighted by molar-refractivity contribution is 0.173. The molecule has 0 aromatic heterocycles. The fourth-order valence-corrected chi connectivity index (χ4v) is 0.122. The summed E-state index contributed by atoms with van der Waals surface area (Å²) in [5.74, 6) is 3.27. The summed E-state index contributed by atoms with van der Waals surface area (Å²) in [4.78, 5) is 0. The van der Waals surface area contributed by atoms with Gasteiger partial charge < -0.3 is 11.6 Å². The third-order valence-corrected chi connectivity index (χ3v) is 0.623. The number of rotatable bonds is 1. The maximum absolute atomic E-state index is 11.5. The minimum Gasteiger partial charge on any atom is -0.380 e. The first-order chi connectivity index (χ1) is 3.48. The topological polar surface area (TPSA) is 64.4 Å². The molecule has 0 fully saturated rings. The fourth-order valence-electron chi connectivity index (χ4n) is 0.0732. The molecule has 0 unspecified atom stereocenters. The summed E-state index contributed by atoms with van der Waals surface area (Å²) in [6, 6.07) is 0. The Morgan fingerprint density at radius 1 is 1.62 bits per heavy atom. The summed E-state index contributed by atoms with van der Waals surface area (Å²) >= 11 is 4.31. The molecule has 0 aliphatic heterocycles. The Kier molecular flexibility index (Phi) is 1.97. The van der Waals surface area contributed by atoms with Gasteiger partial charge in [-0.05, 0) is 11.6 Å². The van der Waals surface area contributed by atoms with Gasteiger partial charge in [0.15, 0.2) is 0 Å². The van der Waals surface area contributed by atoms with Gasteiger partial charge in [-0.25, -0.2) is 0 Å². The van der Waals surface area contributed by atoms with E-state index in [-0.39, 0.29) is 0 Å². The van der Waals surface area contributed by atoms with Gasteiger partial charge in [0.2, 0.25) is 5.84 Å². The lowest BCUT2D eigenvalue weighted by Crippen LogP contribution is -2.31. The minimum atomic E-state index is -3.62. The van der Waals surface area contributed by atoms with E-state index in [9.17, 15) is 8.78 Å². The number of nitrogens with two attached hydrogens (primary N) is 2. The first-order valence-corrected chi connectivity index (χ1v) is 1.97. The summed E-state index contributed by atoms with van der Waals surface area (Å²) in [5, 5.41) is -1.14. The van der Waals surface area contributed by atoms with E-state index in [1.165, 1.54) is 0 Å². The highest BCUT2D eigenvalue weighted by atomic mass is 35.5. The summed E-state index contributed by atoms with van der Waals surface area (Å²) < 4.78 is 23.1. The average molecular weight is 144 g/mol. The highest BCUT2D eigenvalue weighted by Gasteiger charge is 2.30. The number of hydrazone groups is 1. The van der Waals surface area contributed by atoms with Crippen LogP contribution >= 0.6 is 11.6 Å². The standard InChI is InChI=1S/C2H4ClF2N3/c3-2(4,5)1(6)8-7/h7H2,(H2,6,8). The molecule has 0 bridgehead atoms. The Bertz CT molecular complexity index is 106. The zero-order valence-corrected chi connectivity index (χ0v) is 4.49. The van der Waals surface area contributed by atoms with Gasteiger partial charge in [0, 0.05) is 0 Å². The molecular formula is C2H4ClF2N3. The molecule has 0 aliphatic carbocycles. The van der Waals surface area contributed by atoms with Crippen LogP contribution in [-0.4, -0.2) is 11.2 Å². The van der Waals surface area contributed by atoms with Crippen LogP contribution in [0.1, 0.15) is 0 Å². The first-order valence-electron chi connectivity index (χ1n) is 1.59. The summed E-state index contributed by atoms with van der Waals surface area (Å²) in [6.07, 6.45) is 0. The number of nitrogens with zero attached hydrogens (tertiary/aromatic N) is 1. The highest BCUT2D eigenvalue weighted by molar-refractivity contribution is 6.32. The fraction of sp³-hybridized carbons (Fsp3) is 0.500. The molecule has 0 saturated carbocycles. The van der Waals surface area contributed by atoms with Gasteiger partial charge in [0.25, 0.3) is 0 Å². The van der Waals surface area contributed by atoms with Gasteiger partial charge in [-0.15, -0.1) is 0 Å². The highest BCUT2D eigenvalue weighted by Crippen LogP contribution is 2.17. The Morgan fingerprint density at radius 2 is 2.00 bits per heavy atom. The van der Waals surface area contributed by atoms with Gasteiger partial charge in [-0.2, -0.15) is 13.9 Å². The van der Waals surface area contributed by atoms with Crippen molar-refractivity contribution in [3.8, 4) is 0 Å². The van der Waals surface area contributed by atoms with E-state index in [1.807, 2.05) is 0 Å². The second kappa shape index (κ2) is 2.13. The quantitative estimate of drug-likeness (QED) is 0.179. The molecule has 0 aliphatic rings. The van der Waals surface area contributed by atoms with Gasteiger partial charge in [0.05, 0.1) is 0 Å². The van der Waals surface area contributed by atoms with Crippen LogP contribution in [0.5, 0.6) is 0 Å². The van der Waals surface area contributed by atoms with Gasteiger partial charge >= 0.3 is 5.38 Å². The molecule has 0 radical (unpaired) electrons. The number of hydrogen-bond donors (Lipinski definition) is 2. The molecule has 0 atom stereocenters. The molecule has 48 valence electrons. The van der Waals surface area contributed by atoms with Crippen molar-refractivity contribution in [2.45, 2.75) is 5.38 Å². The molecule has 6 heteroatoms. The largest absolute Gasteiger partial charge is 0.381 e. The van der Waals surface area contributed by atoms with Crippen LogP contribution in [0, 0.1) is 0 Å². The lowest BCUT2D eigenvalue weighted by atomic mass is 10.6. The third kappa shape index (κ3) is 1.92. The molecule has 0 rings (SSSR count). The molecule has 0 heterocycles. The number of alkyl halides is 3. The number of amidine groups is 1. The predicted octanol–water partition coefficient (Wildman–Crippen LogP) is 0.0489. The average Bonchev–Trinajstić information content (AvgIpc) is 1.62. The molecule has 8 heavy (non-hydrogen) atoms. The second-order valence-corrected chi connectivity index (χ2v) is 1.49. The van der Waals surface area contributed by atoms with Gasteiger partial charge in [0.1, 0.15) is 0 Å². The van der Waals surface area contributed by atoms with Crippen molar-refractivity contribution in [2.75, 3.05) is 0 Å². The van der Waals surface area contributed by atoms with Gasteiger partial charge in [-0.3, -0.25) is 0 Å². The molecule has 0 aromatic carbocycles. The molecule has 3 nitrogen and oxygen atoms in total. The minimum absolute atomic E-state index is 1.08. The van der Waals surface area contributed by atoms with E-state index in [1.54, 1.807) is 0 Å². The van der Waals surface area contributed by atoms with Crippen molar-refractivity contribution in [1.29, 1.82) is 0 Å². The predicted molar refractivity (Wildman–Crippen MR) is 26.6 cm³/mol. The zero-order valence-electron chi connectivity index (χ0n) is 3.74. The van der Waals surface area contributed by atoms with Crippen LogP contribution in [0.2, 0.25) is 0 Å². The summed E-state index contributed by atoms with van der Waals surface area (Å²) in [5.41, 5.74) is 4.49. The van der Waals surface area contributed by atoms with Crippen molar-refractivity contribution >= 4 is 17.4 Å². The van der Waals surface area contributed by atoms with E-state index in [4.69, 9.17) is 0 Å². The maximum Gasteiger partial charge on any atom is 0.381 e. The maximum atomic E-state index is 11.5. The first kappa shape index (κ1) is 7.42. The summed E-state index contributed by atoms with van der Waals surface area (Å²) in [6.45, 7) is 0. The van der Waals surface area contributed by atoms with Crippen LogP contribution in [0.4, 0.5) is 8.78 Å². The summed E-state index contributed by atoms with van der Waals surface area (Å²) in [7, 11) is 0. The molecule has 0 spiro atoms. The van der Waals surface area contributed by atoms with E-state index < -0.39 is 11.2 Å². The monoisotopic (exact) mass is 143 g/mol. The second-order valence-electron chi connectivity index (χ2n) is 1.01. The Labute approximate surface area is 49.3 Å². The molecule has 0 amide bonds. The smallest absolute Gasteiger partial charge is 0.380 e. The van der Waals surface area contributed by atoms with E-state index in [0.29, 0.717) is 0 Å². The van der Waals surface area contributed by atoms with Crippen LogP contribution in [-0.2, 0) is 0 Å². The van der Waals surface area contributed by atoms with Crippen molar-refractivity contribution in [3.63, 3.8) is 0 Å². The van der Waals surface area contributed by atoms with Crippen LogP contribution in [0.15, 0.2) is 5.10 Å². The Balaban J connectivity index is 4.03. The molecular weight excluding hydrogens is 139 g/mol. The third-order valence-electron chi connectivity index (χ3n) is 0.430. The lowest BCUT2D eigenvalue weighted by Gasteiger charge is -2.02. The van der Waals surface area contributed by atoms with Crippen LogP contribution in [0.3, 0.4) is 0 Å². The molecule has 0 aromatic rings. The number of hydrogen-bond acceptors (Lipinski definition) is 2. The van der Waals surface area contributed by atoms with Gasteiger partial charge in [-0.1, -0.05) is 0 Å². The Hall–Kier alpha value is -0.580. The number of halogens is 3. The van der Waals surface area contributed by atoms with Crippen LogP contribution < -0.4 is 11.6 Å². The van der Waals surface area contributed by atoms with Crippen molar-refractivity contribution in [2.24, 2.45) is 16.7 Å². The normalized spacial score (nSPS) is 14.1. The van der Waals surface area contributed by atoms with E-state index in [2.05, 4.69) is 28.3 Å². The zero-order chi connectivity index (χ0) is 6.78. The Morgan fingerprint density at radius 3 is 2.00 bits per heavy atom. The van der Waals surface area contributed by atoms with Crippen LogP contribution in [0.25, 0.3) is 0 Å². The van der Waals surface area contributed by atoms with Crippen molar-refractivity contribution in [3.05, 3.63) is 0 Å². The van der Waals surface area contributed by atoms with E-state index >= 15 is 0 Å². The van der Waals surface area contributed by atoms with E-state index in [0.717, 1.165) is 0 Å².